The van der Waals surface area contributed by atoms with E-state index in [1.165, 1.54) is 0 Å². The molecule has 3 aromatic carbocycles. The molecule has 1 aliphatic rings. The molecule has 0 saturated heterocycles. The highest BCUT2D eigenvalue weighted by atomic mass is 32.2. The van der Waals surface area contributed by atoms with Gasteiger partial charge >= 0.3 is 5.97 Å². The van der Waals surface area contributed by atoms with E-state index in [0.717, 1.165) is 43.9 Å². The monoisotopic (exact) mass is 473 g/mol. The van der Waals surface area contributed by atoms with E-state index >= 15 is 0 Å². The lowest BCUT2D eigenvalue weighted by atomic mass is 10.1. The van der Waals surface area contributed by atoms with Gasteiger partial charge in [-0.05, 0) is 48.5 Å². The van der Waals surface area contributed by atoms with Gasteiger partial charge in [-0.1, -0.05) is 72.4 Å². The van der Waals surface area contributed by atoms with E-state index in [4.69, 9.17) is 9.97 Å². The smallest absolute Gasteiger partial charge is 0.335 e. The number of benzene rings is 3. The number of aromatic nitrogens is 2. The molecule has 3 heterocycles. The first-order valence-corrected chi connectivity index (χ1v) is 11.9. The standard InChI is InChI=1S/C29H19N3O2S/c33-29(34)21-11-6-10-20(18-21)22-12-7-15-27(30-22)32-24-13-4-5-14-25(24)35-26-17-16-23(31-28(26)32)19-8-2-1-3-9-19/h1-18H,(H,33,34). The van der Waals surface area contributed by atoms with Crippen LogP contribution in [0.25, 0.3) is 22.5 Å². The maximum absolute atomic E-state index is 11.5. The number of carbonyl (C=O) groups is 1. The topological polar surface area (TPSA) is 66.3 Å². The number of fused-ring (bicyclic) bond motifs is 2. The zero-order valence-electron chi connectivity index (χ0n) is 18.5. The molecule has 1 N–H and O–H groups in total. The van der Waals surface area contributed by atoms with Gasteiger partial charge in [0.2, 0.25) is 0 Å². The summed E-state index contributed by atoms with van der Waals surface area (Å²) in [5.41, 5.74) is 4.62. The summed E-state index contributed by atoms with van der Waals surface area (Å²) in [5, 5.41) is 9.41. The molecule has 0 amide bonds. The molecule has 6 rings (SSSR count). The highest BCUT2D eigenvalue weighted by molar-refractivity contribution is 7.99. The lowest BCUT2D eigenvalue weighted by Crippen LogP contribution is -2.18. The molecule has 35 heavy (non-hydrogen) atoms. The summed E-state index contributed by atoms with van der Waals surface area (Å²) in [5.74, 6) is 0.575. The van der Waals surface area contributed by atoms with Crippen LogP contribution >= 0.6 is 11.8 Å². The zero-order chi connectivity index (χ0) is 23.8. The van der Waals surface area contributed by atoms with Gasteiger partial charge in [-0.15, -0.1) is 0 Å². The Morgan fingerprint density at radius 2 is 1.43 bits per heavy atom. The van der Waals surface area contributed by atoms with Crippen molar-refractivity contribution in [2.24, 2.45) is 0 Å². The number of para-hydroxylation sites is 1. The van der Waals surface area contributed by atoms with Crippen molar-refractivity contribution < 1.29 is 9.90 Å². The highest BCUT2D eigenvalue weighted by Gasteiger charge is 2.27. The highest BCUT2D eigenvalue weighted by Crippen LogP contribution is 2.50. The number of hydrogen-bond acceptors (Lipinski definition) is 5. The van der Waals surface area contributed by atoms with E-state index in [9.17, 15) is 9.90 Å². The van der Waals surface area contributed by atoms with Crippen LogP contribution in [0.2, 0.25) is 0 Å². The molecule has 0 radical (unpaired) electrons. The third-order valence-corrected chi connectivity index (χ3v) is 6.92. The molecule has 5 nitrogen and oxygen atoms in total. The first-order valence-electron chi connectivity index (χ1n) is 11.1. The molecular formula is C29H19N3O2S. The second-order valence-electron chi connectivity index (χ2n) is 8.06. The van der Waals surface area contributed by atoms with Gasteiger partial charge in [0.1, 0.15) is 5.82 Å². The second-order valence-corrected chi connectivity index (χ2v) is 9.14. The average molecular weight is 474 g/mol. The first-order chi connectivity index (χ1) is 17.2. The summed E-state index contributed by atoms with van der Waals surface area (Å²) in [6, 6.07) is 35.1. The Labute approximate surface area is 206 Å². The normalized spacial score (nSPS) is 12.1. The van der Waals surface area contributed by atoms with Crippen LogP contribution < -0.4 is 4.90 Å². The van der Waals surface area contributed by atoms with Crippen LogP contribution in [0.1, 0.15) is 10.4 Å². The fraction of sp³-hybridized carbons (Fsp3) is 0. The molecule has 0 saturated carbocycles. The first kappa shape index (κ1) is 21.1. The van der Waals surface area contributed by atoms with Gasteiger partial charge in [0, 0.05) is 16.0 Å². The largest absolute Gasteiger partial charge is 0.478 e. The molecule has 168 valence electrons. The minimum absolute atomic E-state index is 0.230. The van der Waals surface area contributed by atoms with Gasteiger partial charge < -0.3 is 5.11 Å². The van der Waals surface area contributed by atoms with E-state index < -0.39 is 5.97 Å². The maximum Gasteiger partial charge on any atom is 0.335 e. The molecule has 0 aliphatic carbocycles. The summed E-state index contributed by atoms with van der Waals surface area (Å²) >= 11 is 1.69. The summed E-state index contributed by atoms with van der Waals surface area (Å²) in [7, 11) is 0. The SMILES string of the molecule is O=C(O)c1cccc(-c2cccc(N3c4ccccc4Sc4ccc(-c5ccccc5)nc43)n2)c1. The molecule has 0 fully saturated rings. The van der Waals surface area contributed by atoms with E-state index in [2.05, 4.69) is 41.3 Å². The van der Waals surface area contributed by atoms with Crippen molar-refractivity contribution in [1.29, 1.82) is 0 Å². The Bertz CT molecular complexity index is 1570. The van der Waals surface area contributed by atoms with Crippen LogP contribution in [0.3, 0.4) is 0 Å². The number of nitrogens with zero attached hydrogens (tertiary/aromatic N) is 3. The molecule has 6 heteroatoms. The van der Waals surface area contributed by atoms with Crippen LogP contribution in [-0.2, 0) is 0 Å². The number of rotatable bonds is 4. The Morgan fingerprint density at radius 3 is 2.29 bits per heavy atom. The van der Waals surface area contributed by atoms with Crippen molar-refractivity contribution in [3.8, 4) is 22.5 Å². The molecule has 5 aromatic rings. The number of hydrogen-bond donors (Lipinski definition) is 1. The second kappa shape index (κ2) is 8.74. The molecule has 1 aliphatic heterocycles. The van der Waals surface area contributed by atoms with Crippen molar-refractivity contribution in [3.05, 3.63) is 115 Å². The number of aromatic carboxylic acids is 1. The molecule has 0 unspecified atom stereocenters. The van der Waals surface area contributed by atoms with E-state index in [0.29, 0.717) is 5.69 Å². The fourth-order valence-corrected chi connectivity index (χ4v) is 5.17. The summed E-state index contributed by atoms with van der Waals surface area (Å²) in [6.07, 6.45) is 0. The quantitative estimate of drug-likeness (QED) is 0.287. The Balaban J connectivity index is 1.51. The summed E-state index contributed by atoms with van der Waals surface area (Å²) in [6.45, 7) is 0. The molecule has 0 atom stereocenters. The lowest BCUT2D eigenvalue weighted by molar-refractivity contribution is 0.0697. The van der Waals surface area contributed by atoms with Crippen molar-refractivity contribution >= 4 is 35.1 Å². The predicted molar refractivity (Wildman–Crippen MR) is 139 cm³/mol. The van der Waals surface area contributed by atoms with Crippen molar-refractivity contribution in [2.45, 2.75) is 9.79 Å². The fourth-order valence-electron chi connectivity index (χ4n) is 4.16. The third kappa shape index (κ3) is 3.94. The van der Waals surface area contributed by atoms with Gasteiger partial charge in [-0.3, -0.25) is 4.90 Å². The van der Waals surface area contributed by atoms with Crippen LogP contribution in [0, 0.1) is 0 Å². The zero-order valence-corrected chi connectivity index (χ0v) is 19.3. The lowest BCUT2D eigenvalue weighted by Gasteiger charge is -2.31. The Hall–Kier alpha value is -4.42. The molecule has 0 bridgehead atoms. The van der Waals surface area contributed by atoms with E-state index in [1.807, 2.05) is 54.6 Å². The van der Waals surface area contributed by atoms with Crippen molar-refractivity contribution in [2.75, 3.05) is 4.90 Å². The van der Waals surface area contributed by atoms with Gasteiger partial charge in [-0.25, -0.2) is 14.8 Å². The summed E-state index contributed by atoms with van der Waals surface area (Å²) in [4.78, 5) is 25.7. The van der Waals surface area contributed by atoms with Crippen LogP contribution in [0.15, 0.2) is 119 Å². The van der Waals surface area contributed by atoms with Crippen LogP contribution in [0.5, 0.6) is 0 Å². The van der Waals surface area contributed by atoms with Gasteiger partial charge in [0.25, 0.3) is 0 Å². The van der Waals surface area contributed by atoms with Gasteiger partial charge in [-0.2, -0.15) is 0 Å². The van der Waals surface area contributed by atoms with Crippen molar-refractivity contribution in [3.63, 3.8) is 0 Å². The number of anilines is 3. The molecule has 2 aromatic heterocycles. The van der Waals surface area contributed by atoms with Gasteiger partial charge in [0.05, 0.1) is 27.5 Å². The Kier molecular flexibility index (Phi) is 5.28. The number of carboxylic acid groups (broad SMARTS) is 1. The summed E-state index contributed by atoms with van der Waals surface area (Å²) < 4.78 is 0. The number of pyridine rings is 2. The molecule has 0 spiro atoms. The predicted octanol–water partition coefficient (Wildman–Crippen LogP) is 7.44. The maximum atomic E-state index is 11.5. The van der Waals surface area contributed by atoms with Gasteiger partial charge in [0.15, 0.2) is 5.82 Å². The van der Waals surface area contributed by atoms with Crippen LogP contribution in [0.4, 0.5) is 17.3 Å². The average Bonchev–Trinajstić information content (AvgIpc) is 2.92. The van der Waals surface area contributed by atoms with E-state index in [1.54, 1.807) is 30.0 Å². The molecular weight excluding hydrogens is 454 g/mol. The van der Waals surface area contributed by atoms with Crippen molar-refractivity contribution in [1.82, 2.24) is 9.97 Å². The third-order valence-electron chi connectivity index (χ3n) is 5.82. The minimum Gasteiger partial charge on any atom is -0.478 e. The van der Waals surface area contributed by atoms with E-state index in [-0.39, 0.29) is 5.56 Å². The number of carboxylic acids is 1. The van der Waals surface area contributed by atoms with Crippen LogP contribution in [-0.4, -0.2) is 21.0 Å². The minimum atomic E-state index is -0.962. The Morgan fingerprint density at radius 1 is 0.686 bits per heavy atom.